The summed E-state index contributed by atoms with van der Waals surface area (Å²) in [5.74, 6) is -0.263. The highest BCUT2D eigenvalue weighted by Crippen LogP contribution is 2.32. The molecule has 0 aliphatic rings. The molecule has 1 heterocycles. The van der Waals surface area contributed by atoms with Crippen molar-refractivity contribution in [2.24, 2.45) is 16.5 Å². The molecular weight excluding hydrogens is 278 g/mol. The van der Waals surface area contributed by atoms with Crippen molar-refractivity contribution in [3.8, 4) is 0 Å². The molecule has 0 saturated carbocycles. The number of hydrogen-bond acceptors (Lipinski definition) is 3. The fourth-order valence-electron chi connectivity index (χ4n) is 2.56. The van der Waals surface area contributed by atoms with Crippen LogP contribution in [0.25, 0.3) is 10.8 Å². The Hall–Kier alpha value is -2.99. The van der Waals surface area contributed by atoms with Crippen molar-refractivity contribution in [2.75, 3.05) is 0 Å². The Kier molecular flexibility index (Phi) is 3.44. The number of benzene rings is 2. The van der Waals surface area contributed by atoms with Gasteiger partial charge in [-0.3, -0.25) is 4.79 Å². The van der Waals surface area contributed by atoms with Crippen molar-refractivity contribution in [3.05, 3.63) is 66.2 Å². The van der Waals surface area contributed by atoms with Crippen molar-refractivity contribution in [1.82, 2.24) is 9.97 Å². The number of carbonyl (C=O) groups excluding carboxylic acids is 1. The van der Waals surface area contributed by atoms with Crippen LogP contribution in [0.1, 0.15) is 11.4 Å². The monoisotopic (exact) mass is 293 g/mol. The van der Waals surface area contributed by atoms with Crippen LogP contribution < -0.4 is 11.5 Å². The molecule has 0 radical (unpaired) electrons. The smallest absolute Gasteiger partial charge is 0.279 e. The predicted molar refractivity (Wildman–Crippen MR) is 85.2 cm³/mol. The van der Waals surface area contributed by atoms with Crippen LogP contribution in [0.4, 0.5) is 0 Å². The van der Waals surface area contributed by atoms with Crippen LogP contribution in [0.2, 0.25) is 0 Å². The number of fused-ring (bicyclic) bond motifs is 1. The maximum Gasteiger partial charge on any atom is 0.279 e. The molecule has 0 aliphatic carbocycles. The topological polar surface area (TPSA) is 110 Å². The van der Waals surface area contributed by atoms with E-state index in [9.17, 15) is 4.79 Å². The quantitative estimate of drug-likeness (QED) is 0.499. The molecule has 0 saturated heterocycles. The fraction of sp³-hybridized carbons (Fsp3) is 0.0625. The third-order valence-corrected chi connectivity index (χ3v) is 3.62. The molecule has 1 unspecified atom stereocenters. The highest BCUT2D eigenvalue weighted by atomic mass is 16.2. The average molecular weight is 293 g/mol. The summed E-state index contributed by atoms with van der Waals surface area (Å²) in [6.07, 6.45) is 4.10. The van der Waals surface area contributed by atoms with Crippen LogP contribution in [-0.4, -0.2) is 22.2 Å². The lowest BCUT2D eigenvalue weighted by molar-refractivity contribution is -0.121. The first kappa shape index (κ1) is 14.0. The number of amides is 1. The molecule has 6 heteroatoms. The molecule has 0 fully saturated rings. The number of hydrogen-bond donors (Lipinski definition) is 3. The number of aliphatic imine (C=N–C) groups is 1. The molecule has 0 bridgehead atoms. The lowest BCUT2D eigenvalue weighted by Crippen LogP contribution is -2.46. The van der Waals surface area contributed by atoms with Gasteiger partial charge in [-0.1, -0.05) is 42.5 Å². The lowest BCUT2D eigenvalue weighted by atomic mass is 9.85. The van der Waals surface area contributed by atoms with Gasteiger partial charge >= 0.3 is 0 Å². The van der Waals surface area contributed by atoms with E-state index in [4.69, 9.17) is 11.5 Å². The molecule has 0 aliphatic heterocycles. The zero-order valence-corrected chi connectivity index (χ0v) is 11.7. The number of carbonyl (C=O) groups is 1. The summed E-state index contributed by atoms with van der Waals surface area (Å²) in [5, 5.41) is 1.84. The van der Waals surface area contributed by atoms with Crippen LogP contribution in [-0.2, 0) is 10.3 Å². The van der Waals surface area contributed by atoms with E-state index in [-0.39, 0.29) is 0 Å². The molecule has 6 nitrogen and oxygen atoms in total. The number of rotatable bonds is 3. The second kappa shape index (κ2) is 5.42. The van der Waals surface area contributed by atoms with Crippen molar-refractivity contribution < 1.29 is 4.79 Å². The molecule has 3 rings (SSSR count). The summed E-state index contributed by atoms with van der Waals surface area (Å²) in [6, 6.07) is 13.3. The standard InChI is InChI=1S/C16H15N5O/c17-10-21-15(22)16(18,14-19-8-9-20-14)13-7-3-5-11-4-1-2-6-12(11)13/h1-10H,18H2,(H,19,20)(H2,17,21,22). The zero-order chi connectivity index (χ0) is 15.6. The Morgan fingerprint density at radius 1 is 1.23 bits per heavy atom. The molecule has 0 spiro atoms. The lowest BCUT2D eigenvalue weighted by Gasteiger charge is -2.25. The SMILES string of the molecule is N/C=N/C(=O)C(N)(c1ncc[nH]1)c1cccc2ccccc12. The predicted octanol–water partition coefficient (Wildman–Crippen LogP) is 1.28. The number of H-pyrrole nitrogens is 1. The Morgan fingerprint density at radius 3 is 2.73 bits per heavy atom. The van der Waals surface area contributed by atoms with E-state index in [1.54, 1.807) is 18.5 Å². The summed E-state index contributed by atoms with van der Waals surface area (Å²) in [6.45, 7) is 0. The van der Waals surface area contributed by atoms with Gasteiger partial charge < -0.3 is 16.5 Å². The number of nitrogens with one attached hydrogen (secondary N) is 1. The molecule has 3 aromatic rings. The van der Waals surface area contributed by atoms with E-state index in [0.29, 0.717) is 11.4 Å². The van der Waals surface area contributed by atoms with Gasteiger partial charge in [0.2, 0.25) is 0 Å². The summed E-state index contributed by atoms with van der Waals surface area (Å²) >= 11 is 0. The van der Waals surface area contributed by atoms with Gasteiger partial charge in [-0.15, -0.1) is 0 Å². The Morgan fingerprint density at radius 2 is 2.00 bits per heavy atom. The second-order valence-electron chi connectivity index (χ2n) is 4.86. The van der Waals surface area contributed by atoms with E-state index in [1.807, 2.05) is 36.4 Å². The molecule has 22 heavy (non-hydrogen) atoms. The molecule has 5 N–H and O–H groups in total. The maximum absolute atomic E-state index is 12.5. The van der Waals surface area contributed by atoms with Crippen LogP contribution in [0.3, 0.4) is 0 Å². The molecule has 110 valence electrons. The van der Waals surface area contributed by atoms with E-state index in [1.165, 1.54) is 0 Å². The van der Waals surface area contributed by atoms with Crippen LogP contribution in [0, 0.1) is 0 Å². The summed E-state index contributed by atoms with van der Waals surface area (Å²) in [5.41, 5.74) is 10.8. The van der Waals surface area contributed by atoms with Gasteiger partial charge in [-0.25, -0.2) is 9.98 Å². The molecule has 1 aromatic heterocycles. The molecule has 2 aromatic carbocycles. The van der Waals surface area contributed by atoms with Gasteiger partial charge in [-0.2, -0.15) is 0 Å². The largest absolute Gasteiger partial charge is 0.390 e. The first-order chi connectivity index (χ1) is 10.7. The number of aromatic nitrogens is 2. The summed E-state index contributed by atoms with van der Waals surface area (Å²) in [4.78, 5) is 23.3. The third-order valence-electron chi connectivity index (χ3n) is 3.62. The van der Waals surface area contributed by atoms with E-state index in [0.717, 1.165) is 17.1 Å². The first-order valence-electron chi connectivity index (χ1n) is 6.73. The number of imidazole rings is 1. The fourth-order valence-corrected chi connectivity index (χ4v) is 2.56. The van der Waals surface area contributed by atoms with Crippen molar-refractivity contribution >= 4 is 23.0 Å². The number of nitrogens with two attached hydrogens (primary N) is 2. The van der Waals surface area contributed by atoms with Gasteiger partial charge in [0.1, 0.15) is 5.82 Å². The third kappa shape index (κ3) is 2.06. The minimum atomic E-state index is -1.53. The van der Waals surface area contributed by atoms with E-state index >= 15 is 0 Å². The molecular formula is C16H15N5O. The Bertz CT molecular complexity index is 835. The first-order valence-corrected chi connectivity index (χ1v) is 6.73. The van der Waals surface area contributed by atoms with Crippen molar-refractivity contribution in [3.63, 3.8) is 0 Å². The van der Waals surface area contributed by atoms with Gasteiger partial charge in [0.25, 0.3) is 5.91 Å². The Labute approximate surface area is 126 Å². The normalized spacial score (nSPS) is 14.2. The second-order valence-corrected chi connectivity index (χ2v) is 4.86. The van der Waals surface area contributed by atoms with Crippen LogP contribution in [0.5, 0.6) is 0 Å². The summed E-state index contributed by atoms with van der Waals surface area (Å²) in [7, 11) is 0. The Balaban J connectivity index is 2.32. The van der Waals surface area contributed by atoms with Crippen molar-refractivity contribution in [1.29, 1.82) is 0 Å². The average Bonchev–Trinajstić information content (AvgIpc) is 3.08. The number of nitrogens with zero attached hydrogens (tertiary/aromatic N) is 2. The summed E-state index contributed by atoms with van der Waals surface area (Å²) < 4.78 is 0. The van der Waals surface area contributed by atoms with Gasteiger partial charge in [0, 0.05) is 12.4 Å². The van der Waals surface area contributed by atoms with Gasteiger partial charge in [0.05, 0.1) is 6.34 Å². The highest BCUT2D eigenvalue weighted by molar-refractivity contribution is 5.99. The zero-order valence-electron chi connectivity index (χ0n) is 11.7. The van der Waals surface area contributed by atoms with Gasteiger partial charge in [0.15, 0.2) is 5.54 Å². The van der Waals surface area contributed by atoms with Gasteiger partial charge in [-0.05, 0) is 16.3 Å². The highest BCUT2D eigenvalue weighted by Gasteiger charge is 2.41. The molecule has 1 amide bonds. The van der Waals surface area contributed by atoms with Crippen LogP contribution >= 0.6 is 0 Å². The van der Waals surface area contributed by atoms with E-state index < -0.39 is 11.4 Å². The molecule has 1 atom stereocenters. The van der Waals surface area contributed by atoms with E-state index in [2.05, 4.69) is 15.0 Å². The van der Waals surface area contributed by atoms with Crippen molar-refractivity contribution in [2.45, 2.75) is 5.54 Å². The minimum Gasteiger partial charge on any atom is -0.390 e. The van der Waals surface area contributed by atoms with Crippen LogP contribution in [0.15, 0.2) is 59.9 Å². The minimum absolute atomic E-state index is 0.319. The number of aromatic amines is 1. The maximum atomic E-state index is 12.5.